The highest BCUT2D eigenvalue weighted by atomic mass is 14.9. The molecule has 1 rings (SSSR count). The summed E-state index contributed by atoms with van der Waals surface area (Å²) in [4.78, 5) is 0. The molecule has 1 aliphatic rings. The number of hydrogen-bond acceptors (Lipinski definition) is 1. The van der Waals surface area contributed by atoms with Crippen LogP contribution in [0.25, 0.3) is 0 Å². The maximum Gasteiger partial charge on any atom is 0.0227 e. The average molecular weight is 219 g/mol. The van der Waals surface area contributed by atoms with Crippen molar-refractivity contribution in [3.63, 3.8) is 0 Å². The van der Waals surface area contributed by atoms with E-state index in [2.05, 4.69) is 49.7 Å². The molecule has 1 heteroatoms. The van der Waals surface area contributed by atoms with Gasteiger partial charge in [-0.2, -0.15) is 0 Å². The van der Waals surface area contributed by atoms with Crippen LogP contribution in [0.1, 0.15) is 52.4 Å². The van der Waals surface area contributed by atoms with Crippen molar-refractivity contribution < 1.29 is 0 Å². The summed E-state index contributed by atoms with van der Waals surface area (Å²) in [5, 5.41) is 3.45. The summed E-state index contributed by atoms with van der Waals surface area (Å²) in [5.41, 5.74) is 1.28. The molecule has 0 amide bonds. The molecule has 0 fully saturated rings. The van der Waals surface area contributed by atoms with Crippen molar-refractivity contribution in [1.82, 2.24) is 5.32 Å². The summed E-state index contributed by atoms with van der Waals surface area (Å²) < 4.78 is 0. The van der Waals surface area contributed by atoms with Gasteiger partial charge >= 0.3 is 0 Å². The largest absolute Gasteiger partial charge is 0.388 e. The molecule has 1 N–H and O–H groups in total. The molecule has 90 valence electrons. The van der Waals surface area contributed by atoms with Crippen molar-refractivity contribution in [1.29, 1.82) is 0 Å². The van der Waals surface area contributed by atoms with Gasteiger partial charge in [0.1, 0.15) is 0 Å². The predicted octanol–water partition coefficient (Wildman–Crippen LogP) is 4.33. The van der Waals surface area contributed by atoms with Crippen molar-refractivity contribution in [2.24, 2.45) is 0 Å². The van der Waals surface area contributed by atoms with Gasteiger partial charge in [0.2, 0.25) is 0 Å². The average Bonchev–Trinajstić information content (AvgIpc) is 2.79. The zero-order chi connectivity index (χ0) is 11.6. The van der Waals surface area contributed by atoms with Gasteiger partial charge < -0.3 is 5.32 Å². The molecule has 0 radical (unpaired) electrons. The highest BCUT2D eigenvalue weighted by Gasteiger charge is 1.99. The van der Waals surface area contributed by atoms with E-state index >= 15 is 0 Å². The normalized spacial score (nSPS) is 15.5. The fraction of sp³-hybridized carbons (Fsp3) is 0.600. The van der Waals surface area contributed by atoms with Crippen molar-refractivity contribution in [2.75, 3.05) is 0 Å². The van der Waals surface area contributed by atoms with E-state index in [1.54, 1.807) is 0 Å². The summed E-state index contributed by atoms with van der Waals surface area (Å²) in [7, 11) is 0. The highest BCUT2D eigenvalue weighted by molar-refractivity contribution is 5.39. The molecule has 0 aromatic carbocycles. The van der Waals surface area contributed by atoms with Crippen molar-refractivity contribution >= 4 is 0 Å². The van der Waals surface area contributed by atoms with Crippen molar-refractivity contribution in [2.45, 2.75) is 58.4 Å². The first-order valence-corrected chi connectivity index (χ1v) is 6.64. The fourth-order valence-corrected chi connectivity index (χ4v) is 1.86. The molecule has 0 bridgehead atoms. The molecule has 0 saturated carbocycles. The van der Waals surface area contributed by atoms with E-state index in [1.165, 1.54) is 44.1 Å². The van der Waals surface area contributed by atoms with Gasteiger partial charge in [0.15, 0.2) is 0 Å². The Morgan fingerprint density at radius 3 is 2.50 bits per heavy atom. The van der Waals surface area contributed by atoms with Crippen LogP contribution in [0.2, 0.25) is 0 Å². The molecule has 1 nitrogen and oxygen atoms in total. The van der Waals surface area contributed by atoms with Gasteiger partial charge in [0.25, 0.3) is 0 Å². The first-order valence-electron chi connectivity index (χ1n) is 6.64. The molecule has 1 aliphatic carbocycles. The quantitative estimate of drug-likeness (QED) is 0.599. The molecule has 0 aromatic heterocycles. The summed E-state index contributed by atoms with van der Waals surface area (Å²) in [6.07, 6.45) is 18.7. The van der Waals surface area contributed by atoms with E-state index in [0.717, 1.165) is 0 Å². The number of nitrogens with one attached hydrogen (secondary N) is 1. The van der Waals surface area contributed by atoms with Crippen LogP contribution in [0.15, 0.2) is 36.1 Å². The molecular weight excluding hydrogens is 194 g/mol. The van der Waals surface area contributed by atoms with Crippen LogP contribution in [0.4, 0.5) is 0 Å². The maximum absolute atomic E-state index is 3.45. The Hall–Kier alpha value is -0.980. The minimum atomic E-state index is 0.594. The van der Waals surface area contributed by atoms with Gasteiger partial charge in [0, 0.05) is 12.2 Å². The van der Waals surface area contributed by atoms with Crippen LogP contribution < -0.4 is 5.32 Å². The van der Waals surface area contributed by atoms with Crippen LogP contribution in [0.3, 0.4) is 0 Å². The molecule has 0 aliphatic heterocycles. The third-order valence-corrected chi connectivity index (χ3v) is 2.96. The van der Waals surface area contributed by atoms with Crippen molar-refractivity contribution in [3.05, 3.63) is 36.1 Å². The van der Waals surface area contributed by atoms with Gasteiger partial charge in [0.05, 0.1) is 0 Å². The lowest BCUT2D eigenvalue weighted by Gasteiger charge is -2.11. The Balaban J connectivity index is 2.02. The van der Waals surface area contributed by atoms with Gasteiger partial charge in [-0.3, -0.25) is 0 Å². The Bertz CT molecular complexity index is 247. The predicted molar refractivity (Wildman–Crippen MR) is 72.3 cm³/mol. The number of unbranched alkanes of at least 4 members (excludes halogenated alkanes) is 4. The van der Waals surface area contributed by atoms with E-state index in [4.69, 9.17) is 0 Å². The third kappa shape index (κ3) is 5.79. The minimum absolute atomic E-state index is 0.594. The zero-order valence-corrected chi connectivity index (χ0v) is 10.7. The van der Waals surface area contributed by atoms with Crippen LogP contribution in [0, 0.1) is 0 Å². The molecule has 0 spiro atoms. The van der Waals surface area contributed by atoms with Gasteiger partial charge in [-0.25, -0.2) is 0 Å². The summed E-state index contributed by atoms with van der Waals surface area (Å²) in [6.45, 7) is 4.53. The zero-order valence-electron chi connectivity index (χ0n) is 10.7. The second-order valence-corrected chi connectivity index (χ2v) is 4.63. The number of hydrogen-bond donors (Lipinski definition) is 1. The topological polar surface area (TPSA) is 12.0 Å². The van der Waals surface area contributed by atoms with E-state index in [1.807, 2.05) is 0 Å². The Morgan fingerprint density at radius 2 is 1.81 bits per heavy atom. The van der Waals surface area contributed by atoms with Crippen molar-refractivity contribution in [3.8, 4) is 0 Å². The summed E-state index contributed by atoms with van der Waals surface area (Å²) >= 11 is 0. The first kappa shape index (κ1) is 13.1. The second kappa shape index (κ2) is 8.20. The minimum Gasteiger partial charge on any atom is -0.388 e. The SMILES string of the molecule is CCCCCCCC(C)NC=C1C=CC=C1. The van der Waals surface area contributed by atoms with Crippen LogP contribution in [-0.2, 0) is 0 Å². The smallest absolute Gasteiger partial charge is 0.0227 e. The fourth-order valence-electron chi connectivity index (χ4n) is 1.86. The van der Waals surface area contributed by atoms with E-state index in [-0.39, 0.29) is 0 Å². The molecule has 1 atom stereocenters. The van der Waals surface area contributed by atoms with Gasteiger partial charge in [-0.15, -0.1) is 0 Å². The highest BCUT2D eigenvalue weighted by Crippen LogP contribution is 2.09. The molecule has 1 unspecified atom stereocenters. The molecule has 0 heterocycles. The van der Waals surface area contributed by atoms with Gasteiger partial charge in [-0.05, 0) is 18.9 Å². The Morgan fingerprint density at radius 1 is 1.12 bits per heavy atom. The maximum atomic E-state index is 3.45. The molecule has 16 heavy (non-hydrogen) atoms. The number of rotatable bonds is 8. The van der Waals surface area contributed by atoms with E-state index < -0.39 is 0 Å². The monoisotopic (exact) mass is 219 g/mol. The number of allylic oxidation sites excluding steroid dienone is 5. The lowest BCUT2D eigenvalue weighted by molar-refractivity contribution is 0.525. The third-order valence-electron chi connectivity index (χ3n) is 2.96. The molecule has 0 saturated heterocycles. The van der Waals surface area contributed by atoms with Gasteiger partial charge in [-0.1, -0.05) is 63.3 Å². The molecular formula is C15H25N. The van der Waals surface area contributed by atoms with Crippen LogP contribution >= 0.6 is 0 Å². The standard InChI is InChI=1S/C15H25N/c1-3-4-5-6-7-10-14(2)16-13-15-11-8-9-12-15/h8-9,11-14,16H,3-7,10H2,1-2H3. The van der Waals surface area contributed by atoms with Crippen LogP contribution in [-0.4, -0.2) is 6.04 Å². The molecule has 0 aromatic rings. The Kier molecular flexibility index (Phi) is 6.71. The lowest BCUT2D eigenvalue weighted by Crippen LogP contribution is -2.20. The van der Waals surface area contributed by atoms with Crippen LogP contribution in [0.5, 0.6) is 0 Å². The Labute approximate surface area is 100 Å². The van der Waals surface area contributed by atoms with E-state index in [9.17, 15) is 0 Å². The summed E-state index contributed by atoms with van der Waals surface area (Å²) in [5.74, 6) is 0. The van der Waals surface area contributed by atoms with E-state index in [0.29, 0.717) is 6.04 Å². The first-order chi connectivity index (χ1) is 7.83. The second-order valence-electron chi connectivity index (χ2n) is 4.63. The lowest BCUT2D eigenvalue weighted by atomic mass is 10.1. The summed E-state index contributed by atoms with van der Waals surface area (Å²) in [6, 6.07) is 0.594.